The van der Waals surface area contributed by atoms with Gasteiger partial charge in [0.25, 0.3) is 0 Å². The molecule has 3 aromatic rings. The first kappa shape index (κ1) is 23.0. The number of nitrogens with zero attached hydrogens (tertiary/aromatic N) is 1. The van der Waals surface area contributed by atoms with Crippen LogP contribution in [0.2, 0.25) is 0 Å². The van der Waals surface area contributed by atoms with Crippen LogP contribution in [0.15, 0.2) is 78.9 Å². The second kappa shape index (κ2) is 10.7. The van der Waals surface area contributed by atoms with Crippen molar-refractivity contribution in [2.45, 2.75) is 32.4 Å². The van der Waals surface area contributed by atoms with E-state index in [1.165, 1.54) is 11.8 Å². The van der Waals surface area contributed by atoms with Gasteiger partial charge in [0, 0.05) is 24.8 Å². The number of nitrogens with one attached hydrogen (secondary N) is 2. The molecule has 1 heterocycles. The lowest BCUT2D eigenvalue weighted by Crippen LogP contribution is -2.43. The first-order chi connectivity index (χ1) is 16.5. The summed E-state index contributed by atoms with van der Waals surface area (Å²) < 4.78 is 5.44. The second-order valence-electron chi connectivity index (χ2n) is 8.22. The number of likely N-dealkylation sites (tertiary alicyclic amines) is 1. The zero-order chi connectivity index (χ0) is 23.9. The van der Waals surface area contributed by atoms with Gasteiger partial charge >= 0.3 is 6.09 Å². The molecule has 7 nitrogen and oxygen atoms in total. The fraction of sp³-hybridized carbons (Fsp3) is 0.222. The smallest absolute Gasteiger partial charge is 0.410 e. The molecule has 3 aromatic carbocycles. The molecule has 4 rings (SSSR count). The Bertz CT molecular complexity index is 1180. The fourth-order valence-electron chi connectivity index (χ4n) is 4.04. The predicted octanol–water partition coefficient (Wildman–Crippen LogP) is 5.05. The molecule has 0 radical (unpaired) electrons. The molecular formula is C27H27N3O4. The van der Waals surface area contributed by atoms with Crippen LogP contribution < -0.4 is 10.6 Å². The fourth-order valence-corrected chi connectivity index (χ4v) is 4.04. The van der Waals surface area contributed by atoms with Crippen molar-refractivity contribution in [3.63, 3.8) is 0 Å². The van der Waals surface area contributed by atoms with Crippen LogP contribution in [0.3, 0.4) is 0 Å². The average molecular weight is 458 g/mol. The molecule has 1 unspecified atom stereocenters. The third-order valence-electron chi connectivity index (χ3n) is 5.64. The van der Waals surface area contributed by atoms with Crippen molar-refractivity contribution in [2.75, 3.05) is 17.2 Å². The maximum Gasteiger partial charge on any atom is 0.410 e. The van der Waals surface area contributed by atoms with Gasteiger partial charge < -0.3 is 15.4 Å². The number of benzene rings is 3. The van der Waals surface area contributed by atoms with E-state index in [-0.39, 0.29) is 18.4 Å². The molecule has 1 aliphatic rings. The van der Waals surface area contributed by atoms with Gasteiger partial charge in [-0.05, 0) is 53.8 Å². The zero-order valence-corrected chi connectivity index (χ0v) is 19.0. The molecule has 174 valence electrons. The molecule has 1 aliphatic heterocycles. The molecule has 1 saturated heterocycles. The Hall–Kier alpha value is -4.13. The standard InChI is InChI=1S/C27H27N3O4/c1-19(31)28-23-12-5-10-21(16-23)22-11-6-13-24(17-22)29-26(32)25-14-7-15-30(25)27(33)34-18-20-8-3-2-4-9-20/h2-6,8-13,16-17,25H,7,14-15,18H2,1H3,(H,28,31)(H,29,32). The number of rotatable bonds is 6. The Morgan fingerprint density at radius 3 is 2.18 bits per heavy atom. The van der Waals surface area contributed by atoms with Crippen molar-refractivity contribution < 1.29 is 19.1 Å². The van der Waals surface area contributed by atoms with Crippen molar-refractivity contribution in [1.82, 2.24) is 4.90 Å². The molecule has 1 fully saturated rings. The maximum absolute atomic E-state index is 13.0. The SMILES string of the molecule is CC(=O)Nc1cccc(-c2cccc(NC(=O)C3CCCN3C(=O)OCc3ccccc3)c2)c1. The minimum atomic E-state index is -0.574. The Labute approximate surface area is 198 Å². The van der Waals surface area contributed by atoms with Crippen LogP contribution in [0.1, 0.15) is 25.3 Å². The van der Waals surface area contributed by atoms with Crippen LogP contribution in [0.4, 0.5) is 16.2 Å². The minimum Gasteiger partial charge on any atom is -0.445 e. The molecule has 0 aliphatic carbocycles. The highest BCUT2D eigenvalue weighted by atomic mass is 16.6. The van der Waals surface area contributed by atoms with E-state index in [4.69, 9.17) is 4.74 Å². The number of ether oxygens (including phenoxy) is 1. The summed E-state index contributed by atoms with van der Waals surface area (Å²) in [5.74, 6) is -0.375. The van der Waals surface area contributed by atoms with Gasteiger partial charge in [0.2, 0.25) is 11.8 Å². The number of anilines is 2. The van der Waals surface area contributed by atoms with Gasteiger partial charge in [0.05, 0.1) is 0 Å². The van der Waals surface area contributed by atoms with Crippen LogP contribution in [-0.4, -0.2) is 35.4 Å². The summed E-state index contributed by atoms with van der Waals surface area (Å²) in [6.07, 6.45) is 0.851. The van der Waals surface area contributed by atoms with E-state index in [9.17, 15) is 14.4 Å². The Morgan fingerprint density at radius 2 is 1.53 bits per heavy atom. The van der Waals surface area contributed by atoms with E-state index in [0.29, 0.717) is 24.3 Å². The number of hydrogen-bond donors (Lipinski definition) is 2. The van der Waals surface area contributed by atoms with Crippen LogP contribution in [-0.2, 0) is 20.9 Å². The Morgan fingerprint density at radius 1 is 0.882 bits per heavy atom. The highest BCUT2D eigenvalue weighted by Crippen LogP contribution is 2.26. The number of hydrogen-bond acceptors (Lipinski definition) is 4. The molecule has 7 heteroatoms. The van der Waals surface area contributed by atoms with Crippen LogP contribution >= 0.6 is 0 Å². The van der Waals surface area contributed by atoms with Gasteiger partial charge in [-0.2, -0.15) is 0 Å². The van der Waals surface area contributed by atoms with E-state index in [1.54, 1.807) is 0 Å². The largest absolute Gasteiger partial charge is 0.445 e. The zero-order valence-electron chi connectivity index (χ0n) is 19.0. The lowest BCUT2D eigenvalue weighted by molar-refractivity contribution is -0.120. The average Bonchev–Trinajstić information content (AvgIpc) is 3.34. The number of amides is 3. The van der Waals surface area contributed by atoms with Gasteiger partial charge in [-0.15, -0.1) is 0 Å². The summed E-state index contributed by atoms with van der Waals surface area (Å²) in [6.45, 7) is 2.12. The third-order valence-corrected chi connectivity index (χ3v) is 5.64. The van der Waals surface area contributed by atoms with Crippen LogP contribution in [0.5, 0.6) is 0 Å². The first-order valence-electron chi connectivity index (χ1n) is 11.3. The van der Waals surface area contributed by atoms with Gasteiger partial charge in [-0.3, -0.25) is 14.5 Å². The van der Waals surface area contributed by atoms with Gasteiger partial charge in [-0.1, -0.05) is 54.6 Å². The topological polar surface area (TPSA) is 87.7 Å². The molecule has 34 heavy (non-hydrogen) atoms. The van der Waals surface area contributed by atoms with Crippen molar-refractivity contribution >= 4 is 29.3 Å². The molecule has 2 N–H and O–H groups in total. The number of carbonyl (C=O) groups excluding carboxylic acids is 3. The van der Waals surface area contributed by atoms with E-state index in [1.807, 2.05) is 78.9 Å². The van der Waals surface area contributed by atoms with Crippen molar-refractivity contribution in [2.24, 2.45) is 0 Å². The van der Waals surface area contributed by atoms with E-state index < -0.39 is 12.1 Å². The third kappa shape index (κ3) is 5.81. The van der Waals surface area contributed by atoms with E-state index in [0.717, 1.165) is 23.1 Å². The van der Waals surface area contributed by atoms with Crippen LogP contribution in [0.25, 0.3) is 11.1 Å². The molecule has 0 spiro atoms. The summed E-state index contributed by atoms with van der Waals surface area (Å²) in [6, 6.07) is 23.9. The van der Waals surface area contributed by atoms with E-state index in [2.05, 4.69) is 10.6 Å². The van der Waals surface area contributed by atoms with Crippen molar-refractivity contribution in [3.8, 4) is 11.1 Å². The Kier molecular flexibility index (Phi) is 7.22. The summed E-state index contributed by atoms with van der Waals surface area (Å²) in [7, 11) is 0. The summed E-state index contributed by atoms with van der Waals surface area (Å²) >= 11 is 0. The summed E-state index contributed by atoms with van der Waals surface area (Å²) in [5.41, 5.74) is 4.05. The first-order valence-corrected chi connectivity index (χ1v) is 11.3. The quantitative estimate of drug-likeness (QED) is 0.542. The van der Waals surface area contributed by atoms with Gasteiger partial charge in [-0.25, -0.2) is 4.79 Å². The minimum absolute atomic E-state index is 0.137. The van der Waals surface area contributed by atoms with Gasteiger partial charge in [0.1, 0.15) is 12.6 Å². The van der Waals surface area contributed by atoms with E-state index >= 15 is 0 Å². The van der Waals surface area contributed by atoms with Crippen molar-refractivity contribution in [1.29, 1.82) is 0 Å². The predicted molar refractivity (Wildman–Crippen MR) is 131 cm³/mol. The highest BCUT2D eigenvalue weighted by molar-refractivity contribution is 5.97. The lowest BCUT2D eigenvalue weighted by atomic mass is 10.0. The molecular weight excluding hydrogens is 430 g/mol. The highest BCUT2D eigenvalue weighted by Gasteiger charge is 2.35. The molecule has 0 aromatic heterocycles. The molecule has 3 amide bonds. The normalized spacial score (nSPS) is 15.0. The lowest BCUT2D eigenvalue weighted by Gasteiger charge is -2.23. The Balaban J connectivity index is 1.41. The maximum atomic E-state index is 13.0. The molecule has 0 saturated carbocycles. The molecule has 0 bridgehead atoms. The monoisotopic (exact) mass is 457 g/mol. The van der Waals surface area contributed by atoms with Gasteiger partial charge in [0.15, 0.2) is 0 Å². The molecule has 1 atom stereocenters. The van der Waals surface area contributed by atoms with Crippen LogP contribution in [0, 0.1) is 0 Å². The summed E-state index contributed by atoms with van der Waals surface area (Å²) in [4.78, 5) is 38.5. The number of carbonyl (C=O) groups is 3. The van der Waals surface area contributed by atoms with Crippen molar-refractivity contribution in [3.05, 3.63) is 84.4 Å². The second-order valence-corrected chi connectivity index (χ2v) is 8.22. The summed E-state index contributed by atoms with van der Waals surface area (Å²) in [5, 5.41) is 5.72.